The summed E-state index contributed by atoms with van der Waals surface area (Å²) in [5.74, 6) is -0.0506. The normalized spacial score (nSPS) is 19.2. The maximum absolute atomic E-state index is 11.9. The van der Waals surface area contributed by atoms with Crippen LogP contribution < -0.4 is 5.73 Å². The smallest absolute Gasteiger partial charge is 0.224 e. The van der Waals surface area contributed by atoms with E-state index in [0.29, 0.717) is 6.42 Å². The summed E-state index contributed by atoms with van der Waals surface area (Å²) in [6, 6.07) is 0. The largest absolute Gasteiger partial charge is 0.345 e. The number of nitrogens with two attached hydrogens (primary N) is 1. The average Bonchev–Trinajstić information content (AvgIpc) is 2.60. The van der Waals surface area contributed by atoms with Crippen LogP contribution in [0.2, 0.25) is 0 Å². The van der Waals surface area contributed by atoms with Crippen LogP contribution in [0.4, 0.5) is 0 Å². The van der Waals surface area contributed by atoms with Crippen LogP contribution in [0.15, 0.2) is 0 Å². The van der Waals surface area contributed by atoms with Crippen molar-refractivity contribution in [2.24, 2.45) is 5.73 Å². The van der Waals surface area contributed by atoms with E-state index in [0.717, 1.165) is 25.7 Å². The van der Waals surface area contributed by atoms with E-state index in [1.54, 1.807) is 7.05 Å². The van der Waals surface area contributed by atoms with E-state index in [1.807, 2.05) is 0 Å². The monoisotopic (exact) mass is 262 g/mol. The van der Waals surface area contributed by atoms with E-state index >= 15 is 0 Å². The molecule has 1 fully saturated rings. The van der Waals surface area contributed by atoms with Gasteiger partial charge in [0, 0.05) is 31.8 Å². The van der Waals surface area contributed by atoms with Crippen LogP contribution in [0.25, 0.3) is 0 Å². The molecule has 17 heavy (non-hydrogen) atoms. The first-order valence-corrected chi connectivity index (χ1v) is 7.98. The van der Waals surface area contributed by atoms with E-state index < -0.39 is 9.84 Å². The molecular formula is C11H22N2O3S. The van der Waals surface area contributed by atoms with Crippen LogP contribution in [-0.2, 0) is 14.6 Å². The van der Waals surface area contributed by atoms with Crippen LogP contribution in [0.3, 0.4) is 0 Å². The molecule has 0 aromatic heterocycles. The Bertz CT molecular complexity index is 372. The van der Waals surface area contributed by atoms with Crippen LogP contribution in [0.5, 0.6) is 0 Å². The van der Waals surface area contributed by atoms with Crippen molar-refractivity contribution in [3.8, 4) is 0 Å². The maximum Gasteiger partial charge on any atom is 0.224 e. The number of rotatable bonds is 5. The third kappa shape index (κ3) is 5.04. The van der Waals surface area contributed by atoms with Gasteiger partial charge in [0.05, 0.1) is 5.75 Å². The van der Waals surface area contributed by atoms with Crippen molar-refractivity contribution in [2.45, 2.75) is 37.6 Å². The van der Waals surface area contributed by atoms with E-state index in [1.165, 1.54) is 11.2 Å². The van der Waals surface area contributed by atoms with Crippen LogP contribution in [-0.4, -0.2) is 50.4 Å². The molecule has 0 atom stereocenters. The summed E-state index contributed by atoms with van der Waals surface area (Å²) in [5.41, 5.74) is 5.75. The minimum Gasteiger partial charge on any atom is -0.345 e. The number of sulfone groups is 1. The minimum atomic E-state index is -3.02. The molecule has 5 nitrogen and oxygen atoms in total. The van der Waals surface area contributed by atoms with Gasteiger partial charge in [-0.25, -0.2) is 8.42 Å². The topological polar surface area (TPSA) is 80.5 Å². The highest BCUT2D eigenvalue weighted by molar-refractivity contribution is 7.90. The molecule has 0 saturated heterocycles. The summed E-state index contributed by atoms with van der Waals surface area (Å²) in [5, 5.41) is 0. The lowest BCUT2D eigenvalue weighted by Gasteiger charge is -2.26. The summed E-state index contributed by atoms with van der Waals surface area (Å²) in [6.07, 6.45) is 5.44. The second-order valence-electron chi connectivity index (χ2n) is 5.19. The predicted octanol–water partition coefficient (Wildman–Crippen LogP) is 0.151. The van der Waals surface area contributed by atoms with Crippen molar-refractivity contribution in [3.63, 3.8) is 0 Å². The van der Waals surface area contributed by atoms with Crippen LogP contribution in [0.1, 0.15) is 32.1 Å². The summed E-state index contributed by atoms with van der Waals surface area (Å²) < 4.78 is 22.0. The Morgan fingerprint density at radius 1 is 1.35 bits per heavy atom. The molecule has 1 saturated carbocycles. The van der Waals surface area contributed by atoms with Crippen molar-refractivity contribution in [2.75, 3.05) is 25.6 Å². The van der Waals surface area contributed by atoms with Gasteiger partial charge in [0.2, 0.25) is 5.91 Å². The first kappa shape index (κ1) is 14.4. The fourth-order valence-corrected chi connectivity index (χ4v) is 2.72. The molecule has 0 aromatic rings. The highest BCUT2D eigenvalue weighted by Crippen LogP contribution is 2.30. The zero-order valence-electron chi connectivity index (χ0n) is 10.6. The van der Waals surface area contributed by atoms with E-state index in [9.17, 15) is 13.2 Å². The van der Waals surface area contributed by atoms with Gasteiger partial charge >= 0.3 is 0 Å². The standard InChI is InChI=1S/C11H22N2O3S/c1-13(7-8-17(2,15)16)10(14)9-11(12)5-3-4-6-11/h3-9,12H2,1-2H3. The lowest BCUT2D eigenvalue weighted by atomic mass is 9.94. The Hall–Kier alpha value is -0.620. The lowest BCUT2D eigenvalue weighted by molar-refractivity contribution is -0.130. The lowest BCUT2D eigenvalue weighted by Crippen LogP contribution is -2.43. The van der Waals surface area contributed by atoms with Gasteiger partial charge in [-0.3, -0.25) is 4.79 Å². The SMILES string of the molecule is CN(CCS(C)(=O)=O)C(=O)CC1(N)CCCC1. The zero-order valence-corrected chi connectivity index (χ0v) is 11.4. The molecular weight excluding hydrogens is 240 g/mol. The summed E-state index contributed by atoms with van der Waals surface area (Å²) >= 11 is 0. The number of amides is 1. The molecule has 100 valence electrons. The minimum absolute atomic E-state index is 0.00676. The van der Waals surface area contributed by atoms with Crippen molar-refractivity contribution in [1.82, 2.24) is 4.90 Å². The molecule has 0 heterocycles. The van der Waals surface area contributed by atoms with Crippen LogP contribution in [0, 0.1) is 0 Å². The van der Waals surface area contributed by atoms with E-state index in [-0.39, 0.29) is 23.7 Å². The Morgan fingerprint density at radius 2 is 1.88 bits per heavy atom. The predicted molar refractivity (Wildman–Crippen MR) is 67.4 cm³/mol. The molecule has 1 aliphatic carbocycles. The molecule has 0 radical (unpaired) electrons. The molecule has 0 unspecified atom stereocenters. The molecule has 0 bridgehead atoms. The van der Waals surface area contributed by atoms with Gasteiger partial charge < -0.3 is 10.6 Å². The molecule has 2 N–H and O–H groups in total. The van der Waals surface area contributed by atoms with E-state index in [2.05, 4.69) is 0 Å². The Kier molecular flexibility index (Phi) is 4.55. The van der Waals surface area contributed by atoms with Crippen molar-refractivity contribution in [3.05, 3.63) is 0 Å². The number of hydrogen-bond acceptors (Lipinski definition) is 4. The molecule has 1 rings (SSSR count). The third-order valence-corrected chi connectivity index (χ3v) is 4.25. The van der Waals surface area contributed by atoms with Gasteiger partial charge in [0.1, 0.15) is 9.84 Å². The number of nitrogens with zero attached hydrogens (tertiary/aromatic N) is 1. The Morgan fingerprint density at radius 3 is 2.35 bits per heavy atom. The Balaban J connectivity index is 2.41. The average molecular weight is 262 g/mol. The van der Waals surface area contributed by atoms with Crippen LogP contribution >= 0.6 is 0 Å². The summed E-state index contributed by atoms with van der Waals surface area (Å²) in [4.78, 5) is 13.3. The fourth-order valence-electron chi connectivity index (χ4n) is 2.12. The molecule has 0 aliphatic heterocycles. The fraction of sp³-hybridized carbons (Fsp3) is 0.909. The second-order valence-corrected chi connectivity index (χ2v) is 7.45. The molecule has 0 aromatic carbocycles. The maximum atomic E-state index is 11.9. The summed E-state index contributed by atoms with van der Waals surface area (Å²) in [7, 11) is -1.39. The number of carbonyl (C=O) groups excluding carboxylic acids is 1. The van der Waals surface area contributed by atoms with Crippen molar-refractivity contribution < 1.29 is 13.2 Å². The highest BCUT2D eigenvalue weighted by atomic mass is 32.2. The molecule has 1 aliphatic rings. The zero-order chi connectivity index (χ0) is 13.1. The van der Waals surface area contributed by atoms with Crippen molar-refractivity contribution in [1.29, 1.82) is 0 Å². The molecule has 0 spiro atoms. The quantitative estimate of drug-likeness (QED) is 0.765. The second kappa shape index (κ2) is 5.35. The van der Waals surface area contributed by atoms with Gasteiger partial charge in [-0.15, -0.1) is 0 Å². The first-order chi connectivity index (χ1) is 7.72. The van der Waals surface area contributed by atoms with E-state index in [4.69, 9.17) is 5.73 Å². The summed E-state index contributed by atoms with van der Waals surface area (Å²) in [6.45, 7) is 0.244. The van der Waals surface area contributed by atoms with Gasteiger partial charge in [-0.05, 0) is 12.8 Å². The highest BCUT2D eigenvalue weighted by Gasteiger charge is 2.32. The van der Waals surface area contributed by atoms with Gasteiger partial charge in [0.15, 0.2) is 0 Å². The first-order valence-electron chi connectivity index (χ1n) is 5.92. The van der Waals surface area contributed by atoms with Crippen molar-refractivity contribution >= 4 is 15.7 Å². The number of hydrogen-bond donors (Lipinski definition) is 1. The third-order valence-electron chi connectivity index (χ3n) is 3.33. The van der Waals surface area contributed by atoms with Gasteiger partial charge in [0.25, 0.3) is 0 Å². The molecule has 6 heteroatoms. The Labute approximate surface area is 103 Å². The molecule has 1 amide bonds. The number of carbonyl (C=O) groups is 1. The van der Waals surface area contributed by atoms with Gasteiger partial charge in [-0.2, -0.15) is 0 Å². The van der Waals surface area contributed by atoms with Gasteiger partial charge in [-0.1, -0.05) is 12.8 Å².